The second-order valence-electron chi connectivity index (χ2n) is 8.53. The molecule has 0 saturated heterocycles. The zero-order valence-corrected chi connectivity index (χ0v) is 20.8. The van der Waals surface area contributed by atoms with E-state index in [4.69, 9.17) is 5.73 Å². The lowest BCUT2D eigenvalue weighted by Gasteiger charge is -2.36. The summed E-state index contributed by atoms with van der Waals surface area (Å²) in [7, 11) is 0. The minimum atomic E-state index is -0.816. The van der Waals surface area contributed by atoms with E-state index in [9.17, 15) is 9.59 Å². The number of hydrogen-bond donors (Lipinski definition) is 2. The van der Waals surface area contributed by atoms with Gasteiger partial charge in [0.2, 0.25) is 11.8 Å². The predicted octanol–water partition coefficient (Wildman–Crippen LogP) is 5.39. The normalized spacial score (nSPS) is 12.0. The number of nitrogens with one attached hydrogen (secondary N) is 1. The summed E-state index contributed by atoms with van der Waals surface area (Å²) in [5.41, 5.74) is 8.86. The summed E-state index contributed by atoms with van der Waals surface area (Å²) in [6, 6.07) is 36.8. The molecule has 0 saturated carbocycles. The van der Waals surface area contributed by atoms with Crippen LogP contribution in [0.1, 0.15) is 28.7 Å². The zero-order chi connectivity index (χ0) is 24.7. The van der Waals surface area contributed by atoms with Crippen LogP contribution in [-0.4, -0.2) is 17.9 Å². The summed E-state index contributed by atoms with van der Waals surface area (Å²) < 4.78 is 0.944. The van der Waals surface area contributed by atoms with Crippen LogP contribution in [0.15, 0.2) is 120 Å². The number of primary amides is 1. The number of halogens is 1. The van der Waals surface area contributed by atoms with Gasteiger partial charge in [-0.2, -0.15) is 0 Å². The lowest BCUT2D eigenvalue weighted by molar-refractivity contribution is -0.127. The van der Waals surface area contributed by atoms with Gasteiger partial charge in [-0.15, -0.1) is 0 Å². The summed E-state index contributed by atoms with van der Waals surface area (Å²) in [5.74, 6) is -0.812. The Labute approximate surface area is 214 Å². The van der Waals surface area contributed by atoms with E-state index in [-0.39, 0.29) is 12.3 Å². The molecule has 0 aliphatic heterocycles. The van der Waals surface area contributed by atoms with E-state index in [1.807, 2.05) is 115 Å². The highest BCUT2D eigenvalue weighted by Crippen LogP contribution is 2.42. The van der Waals surface area contributed by atoms with Crippen LogP contribution in [0.5, 0.6) is 0 Å². The highest BCUT2D eigenvalue weighted by Gasteiger charge is 2.39. The van der Waals surface area contributed by atoms with E-state index in [1.54, 1.807) is 0 Å². The average molecular weight is 527 g/mol. The molecule has 0 heterocycles. The lowest BCUT2D eigenvalue weighted by Crippen LogP contribution is -2.48. The van der Waals surface area contributed by atoms with Crippen molar-refractivity contribution in [2.24, 2.45) is 5.73 Å². The summed E-state index contributed by atoms with van der Waals surface area (Å²) >= 11 is 3.42. The van der Waals surface area contributed by atoms with E-state index in [1.165, 1.54) is 0 Å². The maximum atomic E-state index is 13.6. The fraction of sp³-hybridized carbons (Fsp3) is 0.133. The molecule has 1 atom stereocenters. The van der Waals surface area contributed by atoms with E-state index >= 15 is 0 Å². The molecule has 4 aromatic carbocycles. The Hall–Kier alpha value is -3.70. The number of carbonyl (C=O) groups is 2. The van der Waals surface area contributed by atoms with Crippen molar-refractivity contribution in [3.63, 3.8) is 0 Å². The summed E-state index contributed by atoms with van der Waals surface area (Å²) in [4.78, 5) is 25.9. The molecule has 0 aromatic heterocycles. The second kappa shape index (κ2) is 11.2. The lowest BCUT2D eigenvalue weighted by atomic mass is 9.67. The minimum absolute atomic E-state index is 0.120. The van der Waals surface area contributed by atoms with Crippen LogP contribution < -0.4 is 11.1 Å². The molecule has 4 nitrogen and oxygen atoms in total. The van der Waals surface area contributed by atoms with Crippen LogP contribution >= 0.6 is 15.9 Å². The summed E-state index contributed by atoms with van der Waals surface area (Å²) in [6.07, 6.45) is 0.443. The van der Waals surface area contributed by atoms with Gasteiger partial charge in [0, 0.05) is 17.3 Å². The molecule has 0 unspecified atom stereocenters. The maximum Gasteiger partial charge on any atom is 0.240 e. The van der Waals surface area contributed by atoms with Crippen LogP contribution in [0.25, 0.3) is 0 Å². The number of nitrogens with two attached hydrogens (primary N) is 1. The quantitative estimate of drug-likeness (QED) is 0.287. The van der Waals surface area contributed by atoms with Crippen molar-refractivity contribution in [1.29, 1.82) is 0 Å². The van der Waals surface area contributed by atoms with Gasteiger partial charge in [-0.3, -0.25) is 9.59 Å². The first-order valence-corrected chi connectivity index (χ1v) is 12.3. The molecule has 35 heavy (non-hydrogen) atoms. The van der Waals surface area contributed by atoms with Crippen LogP contribution in [0.2, 0.25) is 0 Å². The van der Waals surface area contributed by atoms with Gasteiger partial charge in [0.1, 0.15) is 6.04 Å². The number of carbonyl (C=O) groups excluding carboxylic acids is 2. The standard InChI is InChI=1S/C30H27BrN2O2/c31-26-18-16-22(17-19-26)20-27(29(32)35)33-28(34)21-30(23-10-4-1-5-11-23,24-12-6-2-7-13-24)25-14-8-3-9-15-25/h1-19,27H,20-21H2,(H2,32,35)(H,33,34)/t27-/m0/s1. The van der Waals surface area contributed by atoms with Crippen molar-refractivity contribution in [2.75, 3.05) is 0 Å². The third-order valence-corrected chi connectivity index (χ3v) is 6.79. The summed E-state index contributed by atoms with van der Waals surface area (Å²) in [5, 5.41) is 2.92. The van der Waals surface area contributed by atoms with Gasteiger partial charge < -0.3 is 11.1 Å². The Morgan fingerprint density at radius 1 is 0.714 bits per heavy atom. The third kappa shape index (κ3) is 5.69. The molecule has 0 fully saturated rings. The summed E-state index contributed by atoms with van der Waals surface area (Å²) in [6.45, 7) is 0. The van der Waals surface area contributed by atoms with Gasteiger partial charge in [-0.1, -0.05) is 119 Å². The first-order valence-electron chi connectivity index (χ1n) is 11.5. The molecular weight excluding hydrogens is 500 g/mol. The Bertz CT molecular complexity index is 1160. The average Bonchev–Trinajstić information content (AvgIpc) is 2.89. The van der Waals surface area contributed by atoms with Crippen molar-refractivity contribution >= 4 is 27.7 Å². The molecule has 0 spiro atoms. The number of benzene rings is 4. The Balaban J connectivity index is 1.72. The van der Waals surface area contributed by atoms with E-state index in [0.29, 0.717) is 6.42 Å². The second-order valence-corrected chi connectivity index (χ2v) is 9.45. The highest BCUT2D eigenvalue weighted by molar-refractivity contribution is 9.10. The SMILES string of the molecule is NC(=O)[C@H](Cc1ccc(Br)cc1)NC(=O)CC(c1ccccc1)(c1ccccc1)c1ccccc1. The molecule has 0 aliphatic rings. The van der Waals surface area contributed by atoms with Gasteiger partial charge in [-0.05, 0) is 34.4 Å². The minimum Gasteiger partial charge on any atom is -0.368 e. The van der Waals surface area contributed by atoms with Gasteiger partial charge in [0.05, 0.1) is 5.41 Å². The Morgan fingerprint density at radius 2 is 1.14 bits per heavy atom. The van der Waals surface area contributed by atoms with E-state index in [2.05, 4.69) is 21.2 Å². The van der Waals surface area contributed by atoms with Gasteiger partial charge in [-0.25, -0.2) is 0 Å². The number of rotatable bonds is 9. The van der Waals surface area contributed by atoms with Crippen LogP contribution in [0.4, 0.5) is 0 Å². The van der Waals surface area contributed by atoms with Crippen LogP contribution in [0, 0.1) is 0 Å². The molecule has 4 aromatic rings. The van der Waals surface area contributed by atoms with Crippen LogP contribution in [0.3, 0.4) is 0 Å². The monoisotopic (exact) mass is 526 g/mol. The van der Waals surface area contributed by atoms with Crippen molar-refractivity contribution in [3.8, 4) is 0 Å². The van der Waals surface area contributed by atoms with Crippen molar-refractivity contribution in [1.82, 2.24) is 5.32 Å². The largest absolute Gasteiger partial charge is 0.368 e. The molecule has 176 valence electrons. The molecule has 0 aliphatic carbocycles. The van der Waals surface area contributed by atoms with Crippen LogP contribution in [-0.2, 0) is 21.4 Å². The topological polar surface area (TPSA) is 72.2 Å². The fourth-order valence-electron chi connectivity index (χ4n) is 4.54. The van der Waals surface area contributed by atoms with Crippen molar-refractivity contribution in [2.45, 2.75) is 24.3 Å². The molecule has 5 heteroatoms. The third-order valence-electron chi connectivity index (χ3n) is 6.26. The molecule has 2 amide bonds. The molecule has 0 radical (unpaired) electrons. The van der Waals surface area contributed by atoms with Gasteiger partial charge >= 0.3 is 0 Å². The first-order chi connectivity index (χ1) is 17.0. The van der Waals surface area contributed by atoms with Crippen molar-refractivity contribution in [3.05, 3.63) is 142 Å². The number of hydrogen-bond acceptors (Lipinski definition) is 2. The van der Waals surface area contributed by atoms with Gasteiger partial charge in [0.15, 0.2) is 0 Å². The van der Waals surface area contributed by atoms with Gasteiger partial charge in [0.25, 0.3) is 0 Å². The molecule has 0 bridgehead atoms. The molecule has 3 N–H and O–H groups in total. The first kappa shape index (κ1) is 24.4. The Morgan fingerprint density at radius 3 is 1.54 bits per heavy atom. The highest BCUT2D eigenvalue weighted by atomic mass is 79.9. The number of amides is 2. The predicted molar refractivity (Wildman–Crippen MR) is 143 cm³/mol. The maximum absolute atomic E-state index is 13.6. The van der Waals surface area contributed by atoms with E-state index in [0.717, 1.165) is 26.7 Å². The zero-order valence-electron chi connectivity index (χ0n) is 19.2. The Kier molecular flexibility index (Phi) is 7.78. The fourth-order valence-corrected chi connectivity index (χ4v) is 4.80. The van der Waals surface area contributed by atoms with E-state index < -0.39 is 17.4 Å². The van der Waals surface area contributed by atoms with Crippen molar-refractivity contribution < 1.29 is 9.59 Å². The molecule has 4 rings (SSSR count). The smallest absolute Gasteiger partial charge is 0.240 e. The molecular formula is C30H27BrN2O2.